The molecule has 1 unspecified atom stereocenters. The zero-order valence-corrected chi connectivity index (χ0v) is 10.9. The summed E-state index contributed by atoms with van der Waals surface area (Å²) in [5.41, 5.74) is -0.736. The molecule has 0 saturated heterocycles. The molecule has 2 heterocycles. The number of halogens is 3. The zero-order chi connectivity index (χ0) is 14.2. The van der Waals surface area contributed by atoms with Crippen LogP contribution < -0.4 is 5.56 Å². The Kier molecular flexibility index (Phi) is 3.53. The van der Waals surface area contributed by atoms with E-state index < -0.39 is 17.8 Å². The molecule has 0 aliphatic carbocycles. The highest BCUT2D eigenvalue weighted by Crippen LogP contribution is 2.30. The van der Waals surface area contributed by atoms with Crippen LogP contribution in [0.15, 0.2) is 28.3 Å². The maximum absolute atomic E-state index is 12.8. The van der Waals surface area contributed by atoms with Crippen LogP contribution in [-0.4, -0.2) is 27.0 Å². The zero-order valence-electron chi connectivity index (χ0n) is 10.1. The smallest absolute Gasteiger partial charge is 0.281 e. The van der Waals surface area contributed by atoms with Crippen molar-refractivity contribution in [1.29, 1.82) is 0 Å². The van der Waals surface area contributed by atoms with E-state index in [1.807, 2.05) is 0 Å². The van der Waals surface area contributed by atoms with Crippen LogP contribution >= 0.6 is 11.8 Å². The molecule has 0 radical (unpaired) electrons. The van der Waals surface area contributed by atoms with Crippen LogP contribution in [0.2, 0.25) is 0 Å². The Bertz CT molecular complexity index is 668. The summed E-state index contributed by atoms with van der Waals surface area (Å²) in [6.07, 6.45) is -1.39. The lowest BCUT2D eigenvalue weighted by Gasteiger charge is -2.19. The van der Waals surface area contributed by atoms with E-state index >= 15 is 0 Å². The van der Waals surface area contributed by atoms with Crippen LogP contribution in [0.4, 0.5) is 13.2 Å². The number of aromatic nitrogens is 3. The van der Waals surface area contributed by atoms with Gasteiger partial charge in [0.1, 0.15) is 11.7 Å². The second kappa shape index (κ2) is 4.84. The monoisotopic (exact) mass is 289 g/mol. The van der Waals surface area contributed by atoms with Crippen LogP contribution in [0.3, 0.4) is 0 Å². The Morgan fingerprint density at radius 3 is 2.63 bits per heavy atom. The molecule has 2 rings (SSSR count). The van der Waals surface area contributed by atoms with Crippen LogP contribution in [-0.2, 0) is 0 Å². The van der Waals surface area contributed by atoms with E-state index in [0.717, 1.165) is 13.0 Å². The number of hydrogen-bond acceptors (Lipinski definition) is 4. The minimum atomic E-state index is -4.51. The molecule has 0 amide bonds. The van der Waals surface area contributed by atoms with E-state index in [1.165, 1.54) is 24.0 Å². The Labute approximate surface area is 110 Å². The van der Waals surface area contributed by atoms with Crippen molar-refractivity contribution in [2.45, 2.75) is 24.3 Å². The molecule has 4 nitrogen and oxygen atoms in total. The van der Waals surface area contributed by atoms with Gasteiger partial charge in [0.25, 0.3) is 5.56 Å². The first kappa shape index (κ1) is 13.9. The molecule has 2 aromatic rings. The van der Waals surface area contributed by atoms with E-state index in [2.05, 4.69) is 9.97 Å². The number of nitrogens with zero attached hydrogens (tertiary/aromatic N) is 3. The van der Waals surface area contributed by atoms with Gasteiger partial charge in [0.05, 0.1) is 0 Å². The Morgan fingerprint density at radius 1 is 1.37 bits per heavy atom. The molecule has 19 heavy (non-hydrogen) atoms. The molecule has 102 valence electrons. The highest BCUT2D eigenvalue weighted by Gasteiger charge is 2.38. The predicted octanol–water partition coefficient (Wildman–Crippen LogP) is 2.64. The molecule has 2 aromatic heterocycles. The maximum Gasteiger partial charge on any atom is 0.409 e. The molecule has 0 saturated carbocycles. The van der Waals surface area contributed by atoms with Gasteiger partial charge >= 0.3 is 6.18 Å². The van der Waals surface area contributed by atoms with Crippen LogP contribution in [0.5, 0.6) is 0 Å². The van der Waals surface area contributed by atoms with Gasteiger partial charge in [-0.15, -0.1) is 0 Å². The van der Waals surface area contributed by atoms with Crippen molar-refractivity contribution in [1.82, 2.24) is 14.5 Å². The van der Waals surface area contributed by atoms with E-state index in [4.69, 9.17) is 0 Å². The van der Waals surface area contributed by atoms with Crippen molar-refractivity contribution in [3.8, 4) is 0 Å². The first-order chi connectivity index (χ1) is 8.84. The average molecular weight is 289 g/mol. The highest BCUT2D eigenvalue weighted by atomic mass is 32.2. The van der Waals surface area contributed by atoms with E-state index in [-0.39, 0.29) is 5.65 Å². The van der Waals surface area contributed by atoms with Crippen LogP contribution in [0.25, 0.3) is 11.0 Å². The first-order valence-corrected chi connectivity index (χ1v) is 6.56. The van der Waals surface area contributed by atoms with Crippen LogP contribution in [0.1, 0.15) is 13.0 Å². The Morgan fingerprint density at radius 2 is 2.05 bits per heavy atom. The van der Waals surface area contributed by atoms with E-state index in [1.54, 1.807) is 6.26 Å². The van der Waals surface area contributed by atoms with Crippen LogP contribution in [0, 0.1) is 0 Å². The first-order valence-electron chi connectivity index (χ1n) is 5.33. The van der Waals surface area contributed by atoms with Gasteiger partial charge in [-0.1, -0.05) is 11.8 Å². The molecule has 0 N–H and O–H groups in total. The standard InChI is InChI=1S/C11H10F3N3OS/c1-6(11(12,13)14)17-8(18)4-3-7-5-15-10(19-2)16-9(7)17/h3-6H,1-2H3. The molecule has 0 aliphatic heterocycles. The normalized spacial score (nSPS) is 13.7. The summed E-state index contributed by atoms with van der Waals surface area (Å²) in [6, 6.07) is 0.571. The second-order valence-electron chi connectivity index (χ2n) is 3.89. The summed E-state index contributed by atoms with van der Waals surface area (Å²) < 4.78 is 39.1. The summed E-state index contributed by atoms with van der Waals surface area (Å²) in [6.45, 7) is 0.932. The van der Waals surface area contributed by atoms with Crippen molar-refractivity contribution in [3.05, 3.63) is 28.7 Å². The van der Waals surface area contributed by atoms with Crippen molar-refractivity contribution in [2.24, 2.45) is 0 Å². The van der Waals surface area contributed by atoms with Crippen molar-refractivity contribution in [3.63, 3.8) is 0 Å². The molecule has 8 heteroatoms. The molecular weight excluding hydrogens is 279 g/mol. The average Bonchev–Trinajstić information content (AvgIpc) is 2.36. The number of hydrogen-bond donors (Lipinski definition) is 0. The third kappa shape index (κ3) is 2.58. The van der Waals surface area contributed by atoms with Gasteiger partial charge in [-0.3, -0.25) is 9.36 Å². The SMILES string of the molecule is CSc1ncc2ccc(=O)n(C(C)C(F)(F)F)c2n1. The van der Waals surface area contributed by atoms with Crippen molar-refractivity contribution >= 4 is 22.8 Å². The van der Waals surface area contributed by atoms with Crippen molar-refractivity contribution < 1.29 is 13.2 Å². The molecular formula is C11H10F3N3OS. The second-order valence-corrected chi connectivity index (χ2v) is 4.67. The topological polar surface area (TPSA) is 47.8 Å². The largest absolute Gasteiger partial charge is 0.409 e. The lowest BCUT2D eigenvalue weighted by molar-refractivity contribution is -0.162. The minimum absolute atomic E-state index is 0.00308. The minimum Gasteiger partial charge on any atom is -0.281 e. The third-order valence-corrected chi connectivity index (χ3v) is 3.25. The summed E-state index contributed by atoms with van der Waals surface area (Å²) in [4.78, 5) is 19.7. The molecule has 0 bridgehead atoms. The number of rotatable bonds is 2. The number of pyridine rings is 1. The van der Waals surface area contributed by atoms with Crippen molar-refractivity contribution in [2.75, 3.05) is 6.26 Å². The number of alkyl halides is 3. The molecule has 1 atom stereocenters. The lowest BCUT2D eigenvalue weighted by Crippen LogP contribution is -2.32. The Hall–Kier alpha value is -1.57. The van der Waals surface area contributed by atoms with Gasteiger partial charge in [0.2, 0.25) is 0 Å². The highest BCUT2D eigenvalue weighted by molar-refractivity contribution is 7.98. The molecule has 0 spiro atoms. The van der Waals surface area contributed by atoms with E-state index in [0.29, 0.717) is 15.1 Å². The van der Waals surface area contributed by atoms with Gasteiger partial charge in [0, 0.05) is 17.6 Å². The van der Waals surface area contributed by atoms with E-state index in [9.17, 15) is 18.0 Å². The lowest BCUT2D eigenvalue weighted by atomic mass is 10.2. The quantitative estimate of drug-likeness (QED) is 0.630. The number of fused-ring (bicyclic) bond motifs is 1. The fourth-order valence-electron chi connectivity index (χ4n) is 1.64. The van der Waals surface area contributed by atoms with Gasteiger partial charge < -0.3 is 0 Å². The molecule has 0 aliphatic rings. The summed E-state index contributed by atoms with van der Waals surface area (Å²) in [5, 5.41) is 0.717. The van der Waals surface area contributed by atoms with Gasteiger partial charge in [0.15, 0.2) is 5.16 Å². The number of thioether (sulfide) groups is 1. The summed E-state index contributed by atoms with van der Waals surface area (Å²) in [7, 11) is 0. The fourth-order valence-corrected chi connectivity index (χ4v) is 1.98. The fraction of sp³-hybridized carbons (Fsp3) is 0.364. The predicted molar refractivity (Wildman–Crippen MR) is 66.3 cm³/mol. The third-order valence-electron chi connectivity index (χ3n) is 2.69. The maximum atomic E-state index is 12.8. The summed E-state index contributed by atoms with van der Waals surface area (Å²) in [5.74, 6) is 0. The van der Waals surface area contributed by atoms with Gasteiger partial charge in [-0.25, -0.2) is 9.97 Å². The molecule has 0 fully saturated rings. The summed E-state index contributed by atoms with van der Waals surface area (Å²) >= 11 is 1.20. The molecule has 0 aromatic carbocycles. The van der Waals surface area contributed by atoms with Gasteiger partial charge in [-0.05, 0) is 19.2 Å². The Balaban J connectivity index is 2.77. The van der Waals surface area contributed by atoms with Gasteiger partial charge in [-0.2, -0.15) is 13.2 Å².